The number of nitrogens with zero attached hydrogens (tertiary/aromatic N) is 4. The van der Waals surface area contributed by atoms with E-state index in [4.69, 9.17) is 10.2 Å². The van der Waals surface area contributed by atoms with Crippen LogP contribution in [0.15, 0.2) is 51.2 Å². The molecule has 0 aliphatic carbocycles. The SMILES string of the molecule is Cc1ccc2nc(Sc3ccc(CN4CCc5nc(N)ncc5C4)o3)[nH]c2c1. The van der Waals surface area contributed by atoms with Gasteiger partial charge < -0.3 is 15.1 Å². The van der Waals surface area contributed by atoms with Crippen LogP contribution in [0.1, 0.15) is 22.6 Å². The Kier molecular flexibility index (Phi) is 4.29. The lowest BCUT2D eigenvalue weighted by Crippen LogP contribution is -2.30. The number of furan rings is 1. The molecule has 0 saturated heterocycles. The number of H-pyrrole nitrogens is 1. The van der Waals surface area contributed by atoms with Gasteiger partial charge in [-0.25, -0.2) is 15.0 Å². The smallest absolute Gasteiger partial charge is 0.220 e. The van der Waals surface area contributed by atoms with Gasteiger partial charge >= 0.3 is 0 Å². The van der Waals surface area contributed by atoms with Crippen LogP contribution in [0.2, 0.25) is 0 Å². The Morgan fingerprint density at radius 1 is 1.25 bits per heavy atom. The highest BCUT2D eigenvalue weighted by molar-refractivity contribution is 7.99. The second-order valence-corrected chi connectivity index (χ2v) is 8.04. The highest BCUT2D eigenvalue weighted by atomic mass is 32.2. The number of imidazole rings is 1. The second-order valence-electron chi connectivity index (χ2n) is 7.05. The Morgan fingerprint density at radius 3 is 3.11 bits per heavy atom. The molecule has 4 heterocycles. The van der Waals surface area contributed by atoms with Crippen LogP contribution < -0.4 is 5.73 Å². The number of aromatic amines is 1. The van der Waals surface area contributed by atoms with E-state index in [0.29, 0.717) is 5.95 Å². The molecule has 1 aliphatic heterocycles. The molecule has 8 heteroatoms. The van der Waals surface area contributed by atoms with Gasteiger partial charge in [-0.05, 0) is 48.5 Å². The van der Waals surface area contributed by atoms with Crippen molar-refractivity contribution >= 4 is 28.7 Å². The van der Waals surface area contributed by atoms with Gasteiger partial charge in [0, 0.05) is 31.3 Å². The third kappa shape index (κ3) is 3.48. The van der Waals surface area contributed by atoms with E-state index in [-0.39, 0.29) is 0 Å². The number of nitrogens with one attached hydrogen (secondary N) is 1. The van der Waals surface area contributed by atoms with Crippen molar-refractivity contribution < 1.29 is 4.42 Å². The summed E-state index contributed by atoms with van der Waals surface area (Å²) in [5, 5.41) is 1.67. The predicted octanol–water partition coefficient (Wildman–Crippen LogP) is 3.55. The number of nitrogens with two attached hydrogens (primary N) is 1. The lowest BCUT2D eigenvalue weighted by atomic mass is 10.1. The molecule has 0 fully saturated rings. The first kappa shape index (κ1) is 17.3. The second kappa shape index (κ2) is 6.96. The van der Waals surface area contributed by atoms with E-state index in [1.807, 2.05) is 24.4 Å². The Morgan fingerprint density at radius 2 is 2.18 bits per heavy atom. The zero-order valence-electron chi connectivity index (χ0n) is 15.5. The van der Waals surface area contributed by atoms with Crippen LogP contribution in [-0.4, -0.2) is 31.4 Å². The molecule has 3 N–H and O–H groups in total. The van der Waals surface area contributed by atoms with Gasteiger partial charge in [0.15, 0.2) is 10.2 Å². The number of fused-ring (bicyclic) bond motifs is 2. The monoisotopic (exact) mass is 392 g/mol. The van der Waals surface area contributed by atoms with Crippen LogP contribution in [0, 0.1) is 6.92 Å². The van der Waals surface area contributed by atoms with E-state index in [9.17, 15) is 0 Å². The van der Waals surface area contributed by atoms with Crippen LogP contribution in [-0.2, 0) is 19.5 Å². The summed E-state index contributed by atoms with van der Waals surface area (Å²) in [6, 6.07) is 10.2. The maximum Gasteiger partial charge on any atom is 0.220 e. The molecule has 28 heavy (non-hydrogen) atoms. The van der Waals surface area contributed by atoms with E-state index >= 15 is 0 Å². The fraction of sp³-hybridized carbons (Fsp3) is 0.250. The predicted molar refractivity (Wildman–Crippen MR) is 108 cm³/mol. The molecule has 0 spiro atoms. The molecule has 0 amide bonds. The van der Waals surface area contributed by atoms with E-state index in [1.54, 1.807) is 0 Å². The quantitative estimate of drug-likeness (QED) is 0.548. The van der Waals surface area contributed by atoms with Gasteiger partial charge in [-0.3, -0.25) is 4.90 Å². The van der Waals surface area contributed by atoms with E-state index in [0.717, 1.165) is 64.4 Å². The van der Waals surface area contributed by atoms with Crippen molar-refractivity contribution in [2.75, 3.05) is 12.3 Å². The molecule has 0 bridgehead atoms. The number of rotatable bonds is 4. The first-order valence-electron chi connectivity index (χ1n) is 9.18. The third-order valence-electron chi connectivity index (χ3n) is 4.86. The number of nitrogen functional groups attached to an aromatic ring is 1. The number of aryl methyl sites for hydroxylation is 1. The Hall–Kier alpha value is -2.84. The largest absolute Gasteiger partial charge is 0.453 e. The normalized spacial score (nSPS) is 14.5. The van der Waals surface area contributed by atoms with Crippen molar-refractivity contribution in [1.29, 1.82) is 0 Å². The van der Waals surface area contributed by atoms with Crippen molar-refractivity contribution in [3.63, 3.8) is 0 Å². The maximum atomic E-state index is 6.03. The number of hydrogen-bond acceptors (Lipinski definition) is 7. The zero-order valence-corrected chi connectivity index (χ0v) is 16.3. The molecule has 5 rings (SSSR count). The van der Waals surface area contributed by atoms with Crippen LogP contribution in [0.3, 0.4) is 0 Å². The minimum atomic E-state index is 0.348. The van der Waals surface area contributed by atoms with Gasteiger partial charge in [-0.15, -0.1) is 0 Å². The molecule has 0 radical (unpaired) electrons. The lowest BCUT2D eigenvalue weighted by Gasteiger charge is -2.26. The summed E-state index contributed by atoms with van der Waals surface area (Å²) in [5.41, 5.74) is 11.1. The van der Waals surface area contributed by atoms with Crippen molar-refractivity contribution in [2.45, 2.75) is 36.7 Å². The van der Waals surface area contributed by atoms with Crippen LogP contribution in [0.4, 0.5) is 5.95 Å². The summed E-state index contributed by atoms with van der Waals surface area (Å²) in [5.74, 6) is 1.29. The lowest BCUT2D eigenvalue weighted by molar-refractivity contribution is 0.218. The van der Waals surface area contributed by atoms with Crippen LogP contribution >= 0.6 is 11.8 Å². The number of aromatic nitrogens is 4. The van der Waals surface area contributed by atoms with Gasteiger partial charge in [0.1, 0.15) is 5.76 Å². The Labute approximate surface area is 166 Å². The average Bonchev–Trinajstić information content (AvgIpc) is 3.28. The molecule has 1 aliphatic rings. The molecule has 7 nitrogen and oxygen atoms in total. The van der Waals surface area contributed by atoms with E-state index < -0.39 is 0 Å². The van der Waals surface area contributed by atoms with Crippen LogP contribution in [0.5, 0.6) is 0 Å². The summed E-state index contributed by atoms with van der Waals surface area (Å²) in [6.07, 6.45) is 2.71. The van der Waals surface area contributed by atoms with E-state index in [2.05, 4.69) is 43.9 Å². The molecule has 0 atom stereocenters. The minimum Gasteiger partial charge on any atom is -0.453 e. The highest BCUT2D eigenvalue weighted by Crippen LogP contribution is 2.30. The molecular weight excluding hydrogens is 372 g/mol. The fourth-order valence-electron chi connectivity index (χ4n) is 3.49. The van der Waals surface area contributed by atoms with Gasteiger partial charge in [-0.2, -0.15) is 0 Å². The van der Waals surface area contributed by atoms with Crippen molar-refractivity contribution in [1.82, 2.24) is 24.8 Å². The summed E-state index contributed by atoms with van der Waals surface area (Å²) < 4.78 is 6.03. The molecule has 0 saturated carbocycles. The number of anilines is 1. The van der Waals surface area contributed by atoms with Crippen molar-refractivity contribution in [3.8, 4) is 0 Å². The van der Waals surface area contributed by atoms with Gasteiger partial charge in [-0.1, -0.05) is 6.07 Å². The third-order valence-corrected chi connectivity index (χ3v) is 5.67. The molecular formula is C20H20N6OS. The highest BCUT2D eigenvalue weighted by Gasteiger charge is 2.19. The zero-order chi connectivity index (χ0) is 19.1. The molecule has 3 aromatic heterocycles. The summed E-state index contributed by atoms with van der Waals surface area (Å²) in [6.45, 7) is 4.56. The van der Waals surface area contributed by atoms with Crippen LogP contribution in [0.25, 0.3) is 11.0 Å². The Balaban J connectivity index is 1.26. The molecule has 0 unspecified atom stereocenters. The maximum absolute atomic E-state index is 6.03. The standard InChI is InChI=1S/C20H20N6OS/c1-12-2-4-16-17(8-12)25-20(24-16)28-18-5-3-14(27-18)11-26-7-6-15-13(10-26)9-22-19(21)23-15/h2-5,8-9H,6-7,10-11H2,1H3,(H,24,25)(H2,21,22,23). The summed E-state index contributed by atoms with van der Waals surface area (Å²) >= 11 is 1.51. The average molecular weight is 392 g/mol. The first-order chi connectivity index (χ1) is 13.6. The van der Waals surface area contributed by atoms with Gasteiger partial charge in [0.05, 0.1) is 23.3 Å². The van der Waals surface area contributed by atoms with Crippen molar-refractivity contribution in [3.05, 3.63) is 59.1 Å². The number of benzene rings is 1. The fourth-order valence-corrected chi connectivity index (χ4v) is 4.27. The summed E-state index contributed by atoms with van der Waals surface area (Å²) in [7, 11) is 0. The van der Waals surface area contributed by atoms with E-state index in [1.165, 1.54) is 17.3 Å². The minimum absolute atomic E-state index is 0.348. The Bertz CT molecular complexity index is 1150. The first-order valence-corrected chi connectivity index (χ1v) is 9.99. The van der Waals surface area contributed by atoms with Crippen molar-refractivity contribution in [2.24, 2.45) is 0 Å². The van der Waals surface area contributed by atoms with Gasteiger partial charge in [0.25, 0.3) is 0 Å². The molecule has 142 valence electrons. The molecule has 1 aromatic carbocycles. The summed E-state index contributed by atoms with van der Waals surface area (Å²) in [4.78, 5) is 18.7. The molecule has 4 aromatic rings. The topological polar surface area (TPSA) is 96.9 Å². The number of hydrogen-bond donors (Lipinski definition) is 2. The van der Waals surface area contributed by atoms with Gasteiger partial charge in [0.2, 0.25) is 5.95 Å².